The Morgan fingerprint density at radius 3 is 2.23 bits per heavy atom. The van der Waals surface area contributed by atoms with E-state index in [1.54, 1.807) is 36.4 Å². The molecule has 3 aromatic rings. The third-order valence-corrected chi connectivity index (χ3v) is 14.7. The zero-order valence-corrected chi connectivity index (χ0v) is 29.1. The average Bonchev–Trinajstić information content (AvgIpc) is 3.43. The van der Waals surface area contributed by atoms with Crippen LogP contribution < -0.4 is 14.2 Å². The number of fused-ring (bicyclic) bond motifs is 1. The molecule has 3 aromatic carbocycles. The topological polar surface area (TPSA) is 90.9 Å². The van der Waals surface area contributed by atoms with Crippen molar-refractivity contribution >= 4 is 24.2 Å². The Kier molecular flexibility index (Phi) is 10.3. The van der Waals surface area contributed by atoms with Gasteiger partial charge in [0.15, 0.2) is 19.8 Å². The number of rotatable bonds is 12. The first kappa shape index (κ1) is 33.7. The highest BCUT2D eigenvalue weighted by molar-refractivity contribution is 7.90. The Hall–Kier alpha value is -3.14. The number of nitrogens with one attached hydrogen (secondary N) is 1. The van der Waals surface area contributed by atoms with Gasteiger partial charge in [-0.15, -0.1) is 0 Å². The zero-order chi connectivity index (χ0) is 32.3. The second-order valence-corrected chi connectivity index (χ2v) is 20.0. The Morgan fingerprint density at radius 2 is 1.59 bits per heavy atom. The lowest BCUT2D eigenvalue weighted by atomic mass is 9.87. The van der Waals surface area contributed by atoms with Crippen LogP contribution in [0.1, 0.15) is 87.6 Å². The molecule has 1 aliphatic heterocycles. The molecular formula is C35H47NO6SSi. The summed E-state index contributed by atoms with van der Waals surface area (Å²) in [6.07, 6.45) is 2.09. The summed E-state index contributed by atoms with van der Waals surface area (Å²) >= 11 is 0. The van der Waals surface area contributed by atoms with E-state index in [9.17, 15) is 13.2 Å². The largest absolute Gasteiger partial charge is 0.454 e. The van der Waals surface area contributed by atoms with Crippen molar-refractivity contribution in [2.45, 2.75) is 102 Å². The number of ether oxygens (including phenoxy) is 2. The molecule has 44 heavy (non-hydrogen) atoms. The van der Waals surface area contributed by atoms with Gasteiger partial charge in [0, 0.05) is 0 Å². The van der Waals surface area contributed by atoms with Crippen molar-refractivity contribution in [1.82, 2.24) is 4.72 Å². The molecule has 7 nitrogen and oxygen atoms in total. The minimum Gasteiger partial charge on any atom is -0.454 e. The summed E-state index contributed by atoms with van der Waals surface area (Å²) in [5.74, 6) is 0.0330. The van der Waals surface area contributed by atoms with Crippen molar-refractivity contribution in [2.75, 3.05) is 6.79 Å². The number of carbonyl (C=O) groups excluding carboxylic acids is 1. The molecular weight excluding hydrogens is 591 g/mol. The van der Waals surface area contributed by atoms with Crippen molar-refractivity contribution in [3.63, 3.8) is 0 Å². The minimum atomic E-state index is -4.09. The number of carbonyl (C=O) groups is 1. The van der Waals surface area contributed by atoms with Gasteiger partial charge < -0.3 is 13.9 Å². The second-order valence-electron chi connectivity index (χ2n) is 13.5. The molecule has 0 bridgehead atoms. The van der Waals surface area contributed by atoms with Crippen LogP contribution in [0.3, 0.4) is 0 Å². The summed E-state index contributed by atoms with van der Waals surface area (Å²) in [7, 11) is -6.01. The highest BCUT2D eigenvalue weighted by atomic mass is 32.2. The number of amides is 1. The average molecular weight is 638 g/mol. The second kappa shape index (κ2) is 13.5. The van der Waals surface area contributed by atoms with E-state index in [0.29, 0.717) is 30.1 Å². The van der Waals surface area contributed by atoms with Crippen LogP contribution in [0.2, 0.25) is 18.1 Å². The maximum absolute atomic E-state index is 13.9. The van der Waals surface area contributed by atoms with Gasteiger partial charge in [-0.3, -0.25) is 4.79 Å². The summed E-state index contributed by atoms with van der Waals surface area (Å²) < 4.78 is 46.6. The van der Waals surface area contributed by atoms with E-state index >= 15 is 0 Å². The van der Waals surface area contributed by atoms with Gasteiger partial charge in [-0.2, -0.15) is 0 Å². The Morgan fingerprint density at radius 1 is 0.932 bits per heavy atom. The summed E-state index contributed by atoms with van der Waals surface area (Å²) in [4.78, 5) is 13.9. The van der Waals surface area contributed by atoms with Gasteiger partial charge in [0.25, 0.3) is 10.0 Å². The van der Waals surface area contributed by atoms with E-state index in [4.69, 9.17) is 13.9 Å². The van der Waals surface area contributed by atoms with Gasteiger partial charge in [-0.25, -0.2) is 13.1 Å². The van der Waals surface area contributed by atoms with Crippen molar-refractivity contribution in [3.05, 3.63) is 88.5 Å². The molecule has 0 radical (unpaired) electrons. The Balaban J connectivity index is 1.64. The molecule has 0 saturated carbocycles. The van der Waals surface area contributed by atoms with E-state index in [-0.39, 0.29) is 22.6 Å². The van der Waals surface area contributed by atoms with Crippen molar-refractivity contribution in [3.8, 4) is 11.5 Å². The molecule has 1 unspecified atom stereocenters. The van der Waals surface area contributed by atoms with Crippen LogP contribution in [0, 0.1) is 0 Å². The summed E-state index contributed by atoms with van der Waals surface area (Å²) in [5.41, 5.74) is 4.91. The number of benzene rings is 3. The van der Waals surface area contributed by atoms with Crippen LogP contribution in [-0.4, -0.2) is 29.4 Å². The van der Waals surface area contributed by atoms with E-state index in [0.717, 1.165) is 35.1 Å². The fourth-order valence-corrected chi connectivity index (χ4v) is 6.94. The Bertz CT molecular complexity index is 1580. The number of hydrogen-bond acceptors (Lipinski definition) is 6. The van der Waals surface area contributed by atoms with Crippen LogP contribution >= 0.6 is 0 Å². The first-order valence-corrected chi connectivity index (χ1v) is 19.8. The zero-order valence-electron chi connectivity index (χ0n) is 27.3. The van der Waals surface area contributed by atoms with E-state index in [1.165, 1.54) is 0 Å². The standard InChI is InChI=1S/C35H47NO6SSi/c1-9-10-27-19-25(22-42-44(7,8)35(4,5)6)11-12-28(27)20-31(29-15-18-32-33(21-29)41-23-40-32)34(37)36-43(38,39)30-16-13-26(14-17-30)24(2)3/h11-19,21,24,31H,9-10,20,22-23H2,1-8H3,(H,36,37). The van der Waals surface area contributed by atoms with E-state index in [2.05, 4.69) is 63.7 Å². The quantitative estimate of drug-likeness (QED) is 0.204. The molecule has 0 saturated heterocycles. The van der Waals surface area contributed by atoms with Crippen LogP contribution in [0.15, 0.2) is 65.6 Å². The van der Waals surface area contributed by atoms with Crippen molar-refractivity contribution < 1.29 is 27.1 Å². The molecule has 0 aromatic heterocycles. The van der Waals surface area contributed by atoms with Crippen molar-refractivity contribution in [2.24, 2.45) is 0 Å². The number of hydrogen-bond donors (Lipinski definition) is 1. The SMILES string of the molecule is CCCc1cc(CO[Si](C)(C)C(C)(C)C)ccc1CC(C(=O)NS(=O)(=O)c1ccc(C(C)C)cc1)c1ccc2c(c1)OCO2. The maximum Gasteiger partial charge on any atom is 0.264 e. The molecule has 0 fully saturated rings. The lowest BCUT2D eigenvalue weighted by Crippen LogP contribution is -2.40. The Labute approximate surface area is 264 Å². The van der Waals surface area contributed by atoms with Gasteiger partial charge in [0.1, 0.15) is 0 Å². The monoisotopic (exact) mass is 637 g/mol. The summed E-state index contributed by atoms with van der Waals surface area (Å²) in [6.45, 7) is 18.0. The molecule has 1 amide bonds. The predicted octanol–water partition coefficient (Wildman–Crippen LogP) is 7.84. The van der Waals surface area contributed by atoms with Crippen LogP contribution in [0.4, 0.5) is 0 Å². The van der Waals surface area contributed by atoms with E-state index in [1.807, 2.05) is 19.9 Å². The normalized spacial score (nSPS) is 14.1. The van der Waals surface area contributed by atoms with Crippen LogP contribution in [-0.2, 0) is 38.7 Å². The molecule has 0 aliphatic carbocycles. The van der Waals surface area contributed by atoms with Crippen LogP contribution in [0.5, 0.6) is 11.5 Å². The first-order valence-electron chi connectivity index (χ1n) is 15.4. The predicted molar refractivity (Wildman–Crippen MR) is 177 cm³/mol. The minimum absolute atomic E-state index is 0.0532. The molecule has 1 heterocycles. The fourth-order valence-electron chi connectivity index (χ4n) is 4.96. The number of aryl methyl sites for hydroxylation is 1. The van der Waals surface area contributed by atoms with Crippen molar-refractivity contribution in [1.29, 1.82) is 0 Å². The van der Waals surface area contributed by atoms with Gasteiger partial charge in [-0.05, 0) is 89.0 Å². The summed E-state index contributed by atoms with van der Waals surface area (Å²) in [6, 6.07) is 18.3. The molecule has 238 valence electrons. The first-order chi connectivity index (χ1) is 20.6. The highest BCUT2D eigenvalue weighted by Gasteiger charge is 2.37. The fraction of sp³-hybridized carbons (Fsp3) is 0.457. The molecule has 0 spiro atoms. The van der Waals surface area contributed by atoms with Gasteiger partial charge in [-0.1, -0.05) is 84.4 Å². The molecule has 1 aliphatic rings. The lowest BCUT2D eigenvalue weighted by molar-refractivity contribution is -0.120. The lowest BCUT2D eigenvalue weighted by Gasteiger charge is -2.36. The molecule has 1 N–H and O–H groups in total. The third kappa shape index (κ3) is 7.92. The highest BCUT2D eigenvalue weighted by Crippen LogP contribution is 2.38. The molecule has 4 rings (SSSR count). The molecule has 1 atom stereocenters. The maximum atomic E-state index is 13.9. The molecule has 9 heteroatoms. The van der Waals surface area contributed by atoms with E-state index < -0.39 is 30.2 Å². The number of sulfonamides is 1. The van der Waals surface area contributed by atoms with Crippen LogP contribution in [0.25, 0.3) is 0 Å². The smallest absolute Gasteiger partial charge is 0.264 e. The van der Waals surface area contributed by atoms with Gasteiger partial charge >= 0.3 is 0 Å². The summed E-state index contributed by atoms with van der Waals surface area (Å²) in [5, 5.41) is 0.112. The van der Waals surface area contributed by atoms with Gasteiger partial charge in [0.05, 0.1) is 17.4 Å². The third-order valence-electron chi connectivity index (χ3n) is 8.83. The van der Waals surface area contributed by atoms with Gasteiger partial charge in [0.2, 0.25) is 12.7 Å².